The average molecular weight is 419 g/mol. The fourth-order valence-corrected chi connectivity index (χ4v) is 3.91. The highest BCUT2D eigenvalue weighted by molar-refractivity contribution is 7.80. The molecule has 0 spiro atoms. The smallest absolute Gasteiger partial charge is 0.336 e. The van der Waals surface area contributed by atoms with Gasteiger partial charge in [0.05, 0.1) is 11.8 Å². The summed E-state index contributed by atoms with van der Waals surface area (Å²) < 4.78 is 2.15. The van der Waals surface area contributed by atoms with Gasteiger partial charge in [-0.1, -0.05) is 55.8 Å². The highest BCUT2D eigenvalue weighted by atomic mass is 32.1. The van der Waals surface area contributed by atoms with Gasteiger partial charge in [0, 0.05) is 13.0 Å². The van der Waals surface area contributed by atoms with Crippen molar-refractivity contribution in [3.8, 4) is 11.1 Å². The zero-order valence-corrected chi connectivity index (χ0v) is 17.5. The molecule has 0 amide bonds. The molecule has 0 aliphatic heterocycles. The van der Waals surface area contributed by atoms with Crippen LogP contribution in [0.1, 0.15) is 41.5 Å². The first kappa shape index (κ1) is 20.1. The van der Waals surface area contributed by atoms with Crippen LogP contribution >= 0.6 is 12.6 Å². The lowest BCUT2D eigenvalue weighted by Gasteiger charge is -2.11. The number of rotatable bonds is 7. The van der Waals surface area contributed by atoms with E-state index < -0.39 is 5.97 Å². The number of carboxylic acid groups (broad SMARTS) is 1. The number of benzene rings is 2. The van der Waals surface area contributed by atoms with E-state index >= 15 is 0 Å². The Morgan fingerprint density at radius 2 is 1.90 bits per heavy atom. The normalized spacial score (nSPS) is 11.1. The summed E-state index contributed by atoms with van der Waals surface area (Å²) >= 11 is 4.50. The molecule has 152 valence electrons. The van der Waals surface area contributed by atoms with E-state index in [0.717, 1.165) is 47.2 Å². The molecule has 0 atom stereocenters. The molecule has 4 aromatic rings. The maximum absolute atomic E-state index is 11.5. The van der Waals surface area contributed by atoms with Crippen molar-refractivity contribution in [3.05, 3.63) is 71.7 Å². The molecule has 2 aromatic heterocycles. The molecule has 2 heterocycles. The van der Waals surface area contributed by atoms with E-state index in [-0.39, 0.29) is 0 Å². The average Bonchev–Trinajstić information content (AvgIpc) is 3.11. The van der Waals surface area contributed by atoms with Crippen LogP contribution in [0.3, 0.4) is 0 Å². The largest absolute Gasteiger partial charge is 0.478 e. The van der Waals surface area contributed by atoms with Gasteiger partial charge >= 0.3 is 5.97 Å². The van der Waals surface area contributed by atoms with Crippen LogP contribution in [0.4, 0.5) is 0 Å². The van der Waals surface area contributed by atoms with Gasteiger partial charge in [-0.25, -0.2) is 9.78 Å². The van der Waals surface area contributed by atoms with Crippen molar-refractivity contribution in [1.82, 2.24) is 19.7 Å². The molecule has 0 aliphatic rings. The van der Waals surface area contributed by atoms with E-state index in [1.165, 1.54) is 0 Å². The minimum absolute atomic E-state index is 0.297. The predicted molar refractivity (Wildman–Crippen MR) is 119 cm³/mol. The van der Waals surface area contributed by atoms with Crippen molar-refractivity contribution in [2.24, 2.45) is 0 Å². The number of aryl methyl sites for hydroxylation is 1. The van der Waals surface area contributed by atoms with E-state index in [2.05, 4.69) is 34.3 Å². The number of hydrogen-bond donors (Lipinski definition) is 2. The zero-order valence-electron chi connectivity index (χ0n) is 16.6. The molecule has 0 radical (unpaired) electrons. The van der Waals surface area contributed by atoms with Gasteiger partial charge in [-0.3, -0.25) is 0 Å². The fourth-order valence-electron chi connectivity index (χ4n) is 3.62. The van der Waals surface area contributed by atoms with Crippen LogP contribution in [0.2, 0.25) is 0 Å². The molecule has 2 aromatic carbocycles. The molecule has 0 saturated heterocycles. The van der Waals surface area contributed by atoms with E-state index in [1.807, 2.05) is 36.4 Å². The van der Waals surface area contributed by atoms with Gasteiger partial charge in [-0.2, -0.15) is 5.10 Å². The van der Waals surface area contributed by atoms with Crippen molar-refractivity contribution in [3.63, 3.8) is 0 Å². The van der Waals surface area contributed by atoms with Crippen LogP contribution in [-0.4, -0.2) is 30.8 Å². The number of imidazole rings is 1. The van der Waals surface area contributed by atoms with E-state index in [1.54, 1.807) is 18.3 Å². The maximum Gasteiger partial charge on any atom is 0.336 e. The quantitative estimate of drug-likeness (QED) is 0.419. The Hall–Kier alpha value is -3.19. The van der Waals surface area contributed by atoms with Crippen molar-refractivity contribution < 1.29 is 9.90 Å². The van der Waals surface area contributed by atoms with Gasteiger partial charge in [-0.05, 0) is 29.2 Å². The minimum atomic E-state index is -0.928. The lowest BCUT2D eigenvalue weighted by molar-refractivity contribution is 0.0697. The summed E-state index contributed by atoms with van der Waals surface area (Å²) in [7, 11) is 0. The standard InChI is InChI=1S/C23H22N4O2S/c1-2-3-8-20-25-19-13-24-26-22(30)21(19)27(20)14-15-9-11-16(12-10-15)17-6-4-5-7-18(17)23(28)29/h4-7,9-13H,2-3,8,14H2,1H3,(H,26,30)(H,28,29). The summed E-state index contributed by atoms with van der Waals surface area (Å²) in [5.74, 6) is 0.0693. The van der Waals surface area contributed by atoms with Gasteiger partial charge in [0.15, 0.2) is 0 Å². The molecule has 0 bridgehead atoms. The van der Waals surface area contributed by atoms with Crippen molar-refractivity contribution in [1.29, 1.82) is 0 Å². The SMILES string of the molecule is CCCCc1nc2cnnc(S)c2n1Cc1ccc(-c2ccccc2C(=O)O)cc1. The van der Waals surface area contributed by atoms with Gasteiger partial charge in [0.2, 0.25) is 0 Å². The van der Waals surface area contributed by atoms with Crippen molar-refractivity contribution in [2.45, 2.75) is 37.8 Å². The monoisotopic (exact) mass is 418 g/mol. The van der Waals surface area contributed by atoms with Crippen LogP contribution in [-0.2, 0) is 13.0 Å². The summed E-state index contributed by atoms with van der Waals surface area (Å²) in [6.45, 7) is 2.80. The molecule has 0 saturated carbocycles. The zero-order chi connectivity index (χ0) is 21.1. The van der Waals surface area contributed by atoms with E-state index in [4.69, 9.17) is 4.98 Å². The van der Waals surface area contributed by atoms with E-state index in [9.17, 15) is 9.90 Å². The maximum atomic E-state index is 11.5. The van der Waals surface area contributed by atoms with Gasteiger partial charge in [-0.15, -0.1) is 17.7 Å². The first-order valence-electron chi connectivity index (χ1n) is 9.90. The number of unbranched alkanes of at least 4 members (excludes halogenated alkanes) is 1. The molecule has 0 unspecified atom stereocenters. The molecule has 0 aliphatic carbocycles. The number of thiol groups is 1. The molecule has 30 heavy (non-hydrogen) atoms. The Morgan fingerprint density at radius 3 is 2.63 bits per heavy atom. The summed E-state index contributed by atoms with van der Waals surface area (Å²) in [5.41, 5.74) is 4.66. The first-order valence-corrected chi connectivity index (χ1v) is 10.3. The molecule has 1 N–H and O–H groups in total. The van der Waals surface area contributed by atoms with Crippen LogP contribution in [0.5, 0.6) is 0 Å². The summed E-state index contributed by atoms with van der Waals surface area (Å²) in [6, 6.07) is 15.0. The number of aromatic nitrogens is 4. The van der Waals surface area contributed by atoms with Gasteiger partial charge in [0.25, 0.3) is 0 Å². The molecule has 6 nitrogen and oxygen atoms in total. The third kappa shape index (κ3) is 3.93. The Balaban J connectivity index is 1.69. The van der Waals surface area contributed by atoms with Gasteiger partial charge in [0.1, 0.15) is 21.9 Å². The van der Waals surface area contributed by atoms with Crippen LogP contribution in [0, 0.1) is 0 Å². The van der Waals surface area contributed by atoms with Crippen LogP contribution < -0.4 is 0 Å². The Bertz CT molecular complexity index is 1200. The number of nitrogens with zero attached hydrogens (tertiary/aromatic N) is 4. The minimum Gasteiger partial charge on any atom is -0.478 e. The highest BCUT2D eigenvalue weighted by Gasteiger charge is 2.15. The Kier molecular flexibility index (Phi) is 5.81. The second-order valence-electron chi connectivity index (χ2n) is 7.17. The molecular weight excluding hydrogens is 396 g/mol. The molecule has 7 heteroatoms. The van der Waals surface area contributed by atoms with Crippen molar-refractivity contribution in [2.75, 3.05) is 0 Å². The number of carboxylic acids is 1. The second-order valence-corrected chi connectivity index (χ2v) is 7.59. The third-order valence-corrected chi connectivity index (χ3v) is 5.44. The highest BCUT2D eigenvalue weighted by Crippen LogP contribution is 2.26. The molecule has 0 fully saturated rings. The lowest BCUT2D eigenvalue weighted by atomic mass is 9.99. The molecule has 4 rings (SSSR count). The number of fused-ring (bicyclic) bond motifs is 1. The van der Waals surface area contributed by atoms with Crippen molar-refractivity contribution >= 4 is 29.6 Å². The Morgan fingerprint density at radius 1 is 1.13 bits per heavy atom. The van der Waals surface area contributed by atoms with E-state index in [0.29, 0.717) is 22.7 Å². The Labute approximate surface area is 180 Å². The number of aromatic carboxylic acids is 1. The summed E-state index contributed by atoms with van der Waals surface area (Å²) in [5, 5.41) is 18.1. The molecular formula is C23H22N4O2S. The third-order valence-electron chi connectivity index (χ3n) is 5.13. The lowest BCUT2D eigenvalue weighted by Crippen LogP contribution is -2.06. The predicted octanol–water partition coefficient (Wildman–Crippen LogP) is 4.87. The first-order chi connectivity index (χ1) is 14.6. The number of carbonyl (C=O) groups is 1. The number of hydrogen-bond acceptors (Lipinski definition) is 5. The van der Waals surface area contributed by atoms with Crippen LogP contribution in [0.15, 0.2) is 59.8 Å². The fraction of sp³-hybridized carbons (Fsp3) is 0.217. The summed E-state index contributed by atoms with van der Waals surface area (Å²) in [6.07, 6.45) is 4.69. The summed E-state index contributed by atoms with van der Waals surface area (Å²) in [4.78, 5) is 16.3. The van der Waals surface area contributed by atoms with Gasteiger partial charge < -0.3 is 9.67 Å². The second kappa shape index (κ2) is 8.67. The topological polar surface area (TPSA) is 80.9 Å². The van der Waals surface area contributed by atoms with Crippen LogP contribution in [0.25, 0.3) is 22.2 Å².